The Morgan fingerprint density at radius 2 is 1.85 bits per heavy atom. The van der Waals surface area contributed by atoms with Crippen molar-refractivity contribution in [3.8, 4) is 0 Å². The number of nitrogens with zero attached hydrogens (tertiary/aromatic N) is 1. The van der Waals surface area contributed by atoms with E-state index < -0.39 is 5.60 Å². The third kappa shape index (κ3) is 6.21. The van der Waals surface area contributed by atoms with E-state index in [4.69, 9.17) is 4.74 Å². The smallest absolute Gasteiger partial charge is 0.410 e. The summed E-state index contributed by atoms with van der Waals surface area (Å²) >= 11 is 2.34. The molecule has 1 aromatic rings. The lowest BCUT2D eigenvalue weighted by atomic mass is 10.0. The van der Waals surface area contributed by atoms with Gasteiger partial charge in [0.05, 0.1) is 0 Å². The maximum atomic E-state index is 12.2. The van der Waals surface area contributed by atoms with Gasteiger partial charge in [-0.2, -0.15) is 0 Å². The van der Waals surface area contributed by atoms with Gasteiger partial charge in [-0.1, -0.05) is 23.8 Å². The van der Waals surface area contributed by atoms with E-state index >= 15 is 0 Å². The first-order chi connectivity index (χ1) is 12.7. The fraction of sp³-hybridized carbons (Fsp3) is 0.591. The van der Waals surface area contributed by atoms with Gasteiger partial charge in [0.15, 0.2) is 0 Å². The highest BCUT2D eigenvalue weighted by molar-refractivity contribution is 14.1. The van der Waals surface area contributed by atoms with Crippen LogP contribution >= 0.6 is 22.6 Å². The molecule has 3 rings (SSSR count). The summed E-state index contributed by atoms with van der Waals surface area (Å²) in [5.74, 6) is 0.646. The molecule has 1 saturated carbocycles. The van der Waals surface area contributed by atoms with Gasteiger partial charge >= 0.3 is 6.09 Å². The number of ether oxygens (including phenoxy) is 1. The van der Waals surface area contributed by atoms with E-state index in [0.717, 1.165) is 25.9 Å². The zero-order valence-corrected chi connectivity index (χ0v) is 19.0. The lowest BCUT2D eigenvalue weighted by Gasteiger charge is -2.34. The van der Waals surface area contributed by atoms with Gasteiger partial charge in [-0.15, -0.1) is 0 Å². The van der Waals surface area contributed by atoms with Crippen molar-refractivity contribution in [2.45, 2.75) is 64.6 Å². The molecule has 4 nitrogen and oxygen atoms in total. The minimum absolute atomic E-state index is 0.179. The quantitative estimate of drug-likeness (QED) is 0.610. The number of piperidine rings is 1. The number of halogens is 1. The summed E-state index contributed by atoms with van der Waals surface area (Å²) in [7, 11) is 0. The molecule has 148 valence electrons. The Kier molecular flexibility index (Phi) is 6.51. The molecule has 0 bridgehead atoms. The number of carbonyl (C=O) groups excluding carboxylic acids is 1. The van der Waals surface area contributed by atoms with Crippen molar-refractivity contribution in [2.75, 3.05) is 13.1 Å². The summed E-state index contributed by atoms with van der Waals surface area (Å²) in [6.45, 7) is 9.55. The Labute approximate surface area is 176 Å². The Bertz CT molecular complexity index is 685. The second-order valence-corrected chi connectivity index (χ2v) is 10.0. The third-order valence-corrected chi connectivity index (χ3v) is 5.96. The fourth-order valence-electron chi connectivity index (χ4n) is 3.67. The zero-order chi connectivity index (χ0) is 19.6. The van der Waals surface area contributed by atoms with Crippen molar-refractivity contribution in [3.63, 3.8) is 0 Å². The normalized spacial score (nSPS) is 24.0. The number of hydrogen-bond donors (Lipinski definition) is 1. The number of nitrogens with one attached hydrogen (secondary N) is 1. The molecule has 0 radical (unpaired) electrons. The van der Waals surface area contributed by atoms with Crippen molar-refractivity contribution in [2.24, 2.45) is 5.92 Å². The van der Waals surface area contributed by atoms with E-state index in [2.05, 4.69) is 65.2 Å². The molecule has 1 aliphatic heterocycles. The molecule has 2 fully saturated rings. The molecule has 5 heteroatoms. The van der Waals surface area contributed by atoms with Gasteiger partial charge in [-0.25, -0.2) is 4.79 Å². The van der Waals surface area contributed by atoms with Crippen LogP contribution in [0.4, 0.5) is 4.79 Å². The van der Waals surface area contributed by atoms with Crippen LogP contribution in [0, 0.1) is 9.49 Å². The minimum atomic E-state index is -0.422. The van der Waals surface area contributed by atoms with E-state index in [1.54, 1.807) is 0 Å². The molecule has 1 N–H and O–H groups in total. The van der Waals surface area contributed by atoms with Gasteiger partial charge in [-0.05, 0) is 93.2 Å². The lowest BCUT2D eigenvalue weighted by Crippen LogP contribution is -2.47. The molecule has 1 amide bonds. The van der Waals surface area contributed by atoms with Gasteiger partial charge in [0.2, 0.25) is 0 Å². The van der Waals surface area contributed by atoms with Crippen molar-refractivity contribution < 1.29 is 9.53 Å². The van der Waals surface area contributed by atoms with Gasteiger partial charge in [0.1, 0.15) is 5.60 Å². The van der Waals surface area contributed by atoms with E-state index in [1.165, 1.54) is 21.1 Å². The monoisotopic (exact) mass is 482 g/mol. The van der Waals surface area contributed by atoms with Crippen molar-refractivity contribution in [3.05, 3.63) is 39.0 Å². The van der Waals surface area contributed by atoms with Gasteiger partial charge in [-0.3, -0.25) is 0 Å². The zero-order valence-electron chi connectivity index (χ0n) is 16.8. The number of hydrogen-bond acceptors (Lipinski definition) is 3. The summed E-state index contributed by atoms with van der Waals surface area (Å²) < 4.78 is 6.75. The van der Waals surface area contributed by atoms with Crippen LogP contribution in [-0.2, 0) is 4.74 Å². The fourth-order valence-corrected chi connectivity index (χ4v) is 4.03. The highest BCUT2D eigenvalue weighted by Gasteiger charge is 2.40. The SMILES string of the molecule is CC(=Cc1ccc(I)cc1)C1CC1NC1CCN(C(=O)OC(C)(C)C)CC1. The Balaban J connectivity index is 1.43. The van der Waals surface area contributed by atoms with E-state index in [1.807, 2.05) is 25.7 Å². The van der Waals surface area contributed by atoms with Crippen LogP contribution in [0.25, 0.3) is 6.08 Å². The van der Waals surface area contributed by atoms with Gasteiger partial charge in [0, 0.05) is 28.7 Å². The Hall–Kier alpha value is -1.08. The Morgan fingerprint density at radius 3 is 2.44 bits per heavy atom. The summed E-state index contributed by atoms with van der Waals surface area (Å²) in [6.07, 6.45) is 5.36. The van der Waals surface area contributed by atoms with Crippen molar-refractivity contribution >= 4 is 34.8 Å². The third-order valence-electron chi connectivity index (χ3n) is 5.24. The van der Waals surface area contributed by atoms with Crippen LogP contribution in [0.1, 0.15) is 52.5 Å². The number of amides is 1. The second-order valence-electron chi connectivity index (χ2n) is 8.80. The van der Waals surface area contributed by atoms with Crippen LogP contribution in [0.15, 0.2) is 29.8 Å². The topological polar surface area (TPSA) is 41.6 Å². The number of likely N-dealkylation sites (tertiary alicyclic amines) is 1. The van der Waals surface area contributed by atoms with Gasteiger partial charge < -0.3 is 15.0 Å². The lowest BCUT2D eigenvalue weighted by molar-refractivity contribution is 0.0198. The van der Waals surface area contributed by atoms with Crippen molar-refractivity contribution in [1.82, 2.24) is 10.2 Å². The molecule has 27 heavy (non-hydrogen) atoms. The molecule has 1 heterocycles. The number of rotatable bonds is 4. The first kappa shape index (κ1) is 20.6. The largest absolute Gasteiger partial charge is 0.444 e. The number of carbonyl (C=O) groups is 1. The minimum Gasteiger partial charge on any atom is -0.444 e. The summed E-state index contributed by atoms with van der Waals surface area (Å²) in [5.41, 5.74) is 2.32. The Morgan fingerprint density at radius 1 is 1.22 bits per heavy atom. The average molecular weight is 482 g/mol. The highest BCUT2D eigenvalue weighted by atomic mass is 127. The average Bonchev–Trinajstić information content (AvgIpc) is 3.35. The molecule has 2 unspecified atom stereocenters. The van der Waals surface area contributed by atoms with E-state index in [0.29, 0.717) is 18.0 Å². The second kappa shape index (κ2) is 8.52. The molecule has 1 aliphatic carbocycles. The van der Waals surface area contributed by atoms with Crippen LogP contribution in [0.3, 0.4) is 0 Å². The van der Waals surface area contributed by atoms with Crippen LogP contribution in [0.2, 0.25) is 0 Å². The number of benzene rings is 1. The molecule has 1 saturated heterocycles. The summed E-state index contributed by atoms with van der Waals surface area (Å²) in [6, 6.07) is 9.76. The predicted molar refractivity (Wildman–Crippen MR) is 119 cm³/mol. The molecular formula is C22H31IN2O2. The maximum absolute atomic E-state index is 12.2. The molecule has 0 aromatic heterocycles. The van der Waals surface area contributed by atoms with Crippen LogP contribution < -0.4 is 5.32 Å². The molecule has 1 aromatic carbocycles. The molecule has 2 atom stereocenters. The molecule has 0 spiro atoms. The summed E-state index contributed by atoms with van der Waals surface area (Å²) in [5, 5.41) is 3.81. The van der Waals surface area contributed by atoms with Gasteiger partial charge in [0.25, 0.3) is 0 Å². The van der Waals surface area contributed by atoms with Crippen LogP contribution in [-0.4, -0.2) is 41.8 Å². The maximum Gasteiger partial charge on any atom is 0.410 e. The van der Waals surface area contributed by atoms with E-state index in [9.17, 15) is 4.79 Å². The van der Waals surface area contributed by atoms with Crippen molar-refractivity contribution in [1.29, 1.82) is 0 Å². The molecule has 2 aliphatic rings. The molecular weight excluding hydrogens is 451 g/mol. The first-order valence-electron chi connectivity index (χ1n) is 9.89. The first-order valence-corrected chi connectivity index (χ1v) is 11.0. The predicted octanol–water partition coefficient (Wildman–Crippen LogP) is 5.07. The highest BCUT2D eigenvalue weighted by Crippen LogP contribution is 2.38. The standard InChI is InChI=1S/C22H31IN2O2/c1-15(13-16-5-7-17(23)8-6-16)19-14-20(19)24-18-9-11-25(12-10-18)21(26)27-22(2,3)4/h5-8,13,18-20,24H,9-12,14H2,1-4H3. The van der Waals surface area contributed by atoms with E-state index in [-0.39, 0.29) is 6.09 Å². The summed E-state index contributed by atoms with van der Waals surface area (Å²) in [4.78, 5) is 14.0. The van der Waals surface area contributed by atoms with Crippen LogP contribution in [0.5, 0.6) is 0 Å².